The van der Waals surface area contributed by atoms with Crippen LogP contribution in [0.5, 0.6) is 0 Å². The minimum Gasteiger partial charge on any atom is -0.480 e. The van der Waals surface area contributed by atoms with E-state index in [0.717, 1.165) is 25.3 Å². The number of amides is 1. The van der Waals surface area contributed by atoms with Gasteiger partial charge in [-0.2, -0.15) is 24.4 Å². The van der Waals surface area contributed by atoms with Crippen LogP contribution in [0.15, 0.2) is 24.3 Å². The van der Waals surface area contributed by atoms with Crippen LogP contribution in [0.25, 0.3) is 0 Å². The molecule has 0 spiro atoms. The molecule has 0 radical (unpaired) electrons. The summed E-state index contributed by atoms with van der Waals surface area (Å²) in [4.78, 5) is 27.1. The van der Waals surface area contributed by atoms with Crippen molar-refractivity contribution < 1.29 is 14.7 Å². The number of nitrogens with one attached hydrogen (secondary N) is 2. The third kappa shape index (κ3) is 8.00. The minimum atomic E-state index is -0.973. The van der Waals surface area contributed by atoms with Crippen molar-refractivity contribution in [1.82, 2.24) is 15.5 Å². The largest absolute Gasteiger partial charge is 0.480 e. The molecule has 0 saturated heterocycles. The normalized spacial score (nSPS) is 18.4. The standard InChI is InChI=1S/C23H37N3O3S2/c1-16(2)20(24-10-6-11-30)15-26-14-18-8-5-4-7-17(18)13-21(26)22(27)25-19(23(28)29)9-12-31-3/h4-5,7-8,16,19-21,24,30H,6,9-15H2,1-3H3,(H,25,27)(H,28,29)/t19-,20-,21+/m0/s1. The zero-order valence-electron chi connectivity index (χ0n) is 18.8. The average molecular weight is 468 g/mol. The summed E-state index contributed by atoms with van der Waals surface area (Å²) in [5.74, 6) is 0.777. The van der Waals surface area contributed by atoms with Crippen molar-refractivity contribution in [3.05, 3.63) is 35.4 Å². The maximum absolute atomic E-state index is 13.3. The second-order valence-corrected chi connectivity index (χ2v) is 9.91. The lowest BCUT2D eigenvalue weighted by Gasteiger charge is -2.39. The van der Waals surface area contributed by atoms with Crippen molar-refractivity contribution in [2.75, 3.05) is 30.9 Å². The zero-order chi connectivity index (χ0) is 22.8. The Morgan fingerprint density at radius 3 is 2.61 bits per heavy atom. The molecule has 31 heavy (non-hydrogen) atoms. The molecule has 1 aromatic rings. The van der Waals surface area contributed by atoms with Gasteiger partial charge < -0.3 is 15.7 Å². The maximum atomic E-state index is 13.3. The lowest BCUT2D eigenvalue weighted by molar-refractivity contribution is -0.143. The fraction of sp³-hybridized carbons (Fsp3) is 0.652. The van der Waals surface area contributed by atoms with E-state index in [9.17, 15) is 14.7 Å². The summed E-state index contributed by atoms with van der Waals surface area (Å²) in [6.45, 7) is 6.69. The van der Waals surface area contributed by atoms with Crippen LogP contribution in [0.1, 0.15) is 37.8 Å². The summed E-state index contributed by atoms with van der Waals surface area (Å²) >= 11 is 5.88. The van der Waals surface area contributed by atoms with E-state index in [1.54, 1.807) is 11.8 Å². The van der Waals surface area contributed by atoms with Crippen LogP contribution in [0.4, 0.5) is 0 Å². The fourth-order valence-electron chi connectivity index (χ4n) is 3.92. The van der Waals surface area contributed by atoms with E-state index in [1.807, 2.05) is 18.4 Å². The molecule has 1 heterocycles. The van der Waals surface area contributed by atoms with Crippen molar-refractivity contribution in [2.24, 2.45) is 5.92 Å². The Labute approximate surface area is 196 Å². The maximum Gasteiger partial charge on any atom is 0.326 e. The molecular formula is C23H37N3O3S2. The average Bonchev–Trinajstić information content (AvgIpc) is 2.75. The molecule has 174 valence electrons. The molecule has 0 aromatic heterocycles. The van der Waals surface area contributed by atoms with Crippen LogP contribution in [0.2, 0.25) is 0 Å². The highest BCUT2D eigenvalue weighted by molar-refractivity contribution is 7.98. The monoisotopic (exact) mass is 467 g/mol. The number of thiol groups is 1. The SMILES string of the molecule is CSCC[C@H](NC(=O)[C@H]1Cc2ccccc2CN1C[C@H](NCCCS)C(C)C)C(=O)O. The first-order chi connectivity index (χ1) is 14.9. The number of aliphatic carboxylic acids is 1. The van der Waals surface area contributed by atoms with Gasteiger partial charge in [-0.3, -0.25) is 9.69 Å². The van der Waals surface area contributed by atoms with Gasteiger partial charge in [-0.25, -0.2) is 4.79 Å². The number of benzene rings is 1. The number of thioether (sulfide) groups is 1. The first-order valence-corrected chi connectivity index (χ1v) is 13.1. The Morgan fingerprint density at radius 1 is 1.29 bits per heavy atom. The van der Waals surface area contributed by atoms with Gasteiger partial charge in [-0.15, -0.1) is 0 Å². The predicted octanol–water partition coefficient (Wildman–Crippen LogP) is 2.67. The van der Waals surface area contributed by atoms with Gasteiger partial charge in [-0.1, -0.05) is 38.1 Å². The van der Waals surface area contributed by atoms with Crippen LogP contribution in [0, 0.1) is 5.92 Å². The number of carboxylic acid groups (broad SMARTS) is 1. The van der Waals surface area contributed by atoms with E-state index < -0.39 is 12.0 Å². The Hall–Kier alpha value is -1.22. The molecule has 6 nitrogen and oxygen atoms in total. The number of hydrogen-bond donors (Lipinski definition) is 4. The second-order valence-electron chi connectivity index (χ2n) is 8.48. The van der Waals surface area contributed by atoms with Crippen LogP contribution in [-0.4, -0.2) is 70.9 Å². The van der Waals surface area contributed by atoms with Gasteiger partial charge in [0.2, 0.25) is 5.91 Å². The fourth-order valence-corrected chi connectivity index (χ4v) is 4.55. The van der Waals surface area contributed by atoms with Crippen LogP contribution >= 0.6 is 24.4 Å². The first kappa shape index (κ1) is 26.0. The Kier molecular flexibility index (Phi) is 11.2. The molecule has 1 aliphatic heterocycles. The van der Waals surface area contributed by atoms with Crippen molar-refractivity contribution >= 4 is 36.3 Å². The predicted molar refractivity (Wildman–Crippen MR) is 132 cm³/mol. The molecule has 2 rings (SSSR count). The molecule has 1 amide bonds. The molecule has 1 aromatic carbocycles. The van der Waals surface area contributed by atoms with Crippen LogP contribution in [0.3, 0.4) is 0 Å². The molecular weight excluding hydrogens is 430 g/mol. The van der Waals surface area contributed by atoms with Crippen molar-refractivity contribution in [1.29, 1.82) is 0 Å². The summed E-state index contributed by atoms with van der Waals surface area (Å²) in [7, 11) is 0. The Balaban J connectivity index is 2.19. The lowest BCUT2D eigenvalue weighted by atomic mass is 9.91. The van der Waals surface area contributed by atoms with Crippen LogP contribution in [-0.2, 0) is 22.6 Å². The Morgan fingerprint density at radius 2 is 2.00 bits per heavy atom. The van der Waals surface area contributed by atoms with Crippen molar-refractivity contribution in [3.8, 4) is 0 Å². The summed E-state index contributed by atoms with van der Waals surface area (Å²) < 4.78 is 0. The van der Waals surface area contributed by atoms with Gasteiger partial charge in [0.1, 0.15) is 6.04 Å². The topological polar surface area (TPSA) is 81.7 Å². The molecule has 8 heteroatoms. The van der Waals surface area contributed by atoms with Gasteiger partial charge in [0.15, 0.2) is 0 Å². The molecule has 1 aliphatic rings. The summed E-state index contributed by atoms with van der Waals surface area (Å²) in [5.41, 5.74) is 2.40. The third-order valence-electron chi connectivity index (χ3n) is 5.85. The molecule has 3 atom stereocenters. The number of fused-ring (bicyclic) bond motifs is 1. The third-order valence-corrected chi connectivity index (χ3v) is 6.81. The van der Waals surface area contributed by atoms with E-state index in [1.165, 1.54) is 11.1 Å². The van der Waals surface area contributed by atoms with Gasteiger partial charge in [0.25, 0.3) is 0 Å². The molecule has 3 N–H and O–H groups in total. The number of rotatable bonds is 13. The van der Waals surface area contributed by atoms with Crippen molar-refractivity contribution in [2.45, 2.75) is 57.8 Å². The highest BCUT2D eigenvalue weighted by Gasteiger charge is 2.35. The Bertz CT molecular complexity index is 717. The first-order valence-electron chi connectivity index (χ1n) is 11.0. The van der Waals surface area contributed by atoms with E-state index in [0.29, 0.717) is 31.1 Å². The summed E-state index contributed by atoms with van der Waals surface area (Å²) in [6, 6.07) is 7.23. The minimum absolute atomic E-state index is 0.194. The van der Waals surface area contributed by atoms with Crippen molar-refractivity contribution in [3.63, 3.8) is 0 Å². The summed E-state index contributed by atoms with van der Waals surface area (Å²) in [5, 5.41) is 16.0. The molecule has 0 aliphatic carbocycles. The zero-order valence-corrected chi connectivity index (χ0v) is 20.6. The molecule has 0 fully saturated rings. The molecule has 0 bridgehead atoms. The quantitative estimate of drug-likeness (QED) is 0.264. The van der Waals surface area contributed by atoms with Gasteiger partial charge >= 0.3 is 5.97 Å². The second kappa shape index (κ2) is 13.4. The lowest BCUT2D eigenvalue weighted by Crippen LogP contribution is -2.57. The van der Waals surface area contributed by atoms with Gasteiger partial charge in [0.05, 0.1) is 6.04 Å². The number of carboxylic acids is 1. The van der Waals surface area contributed by atoms with E-state index in [-0.39, 0.29) is 18.0 Å². The number of hydrogen-bond acceptors (Lipinski definition) is 6. The van der Waals surface area contributed by atoms with Gasteiger partial charge in [-0.05, 0) is 60.6 Å². The van der Waals surface area contributed by atoms with E-state index >= 15 is 0 Å². The highest BCUT2D eigenvalue weighted by atomic mass is 32.2. The number of carbonyl (C=O) groups excluding carboxylic acids is 1. The van der Waals surface area contributed by atoms with E-state index in [2.05, 4.69) is 54.1 Å². The van der Waals surface area contributed by atoms with Gasteiger partial charge in [0, 0.05) is 19.1 Å². The van der Waals surface area contributed by atoms with Crippen LogP contribution < -0.4 is 10.6 Å². The smallest absolute Gasteiger partial charge is 0.326 e. The number of carbonyl (C=O) groups is 2. The van der Waals surface area contributed by atoms with E-state index in [4.69, 9.17) is 0 Å². The highest BCUT2D eigenvalue weighted by Crippen LogP contribution is 2.24. The number of nitrogens with zero attached hydrogens (tertiary/aromatic N) is 1. The molecule has 0 saturated carbocycles. The molecule has 0 unspecified atom stereocenters. The summed E-state index contributed by atoms with van der Waals surface area (Å²) in [6.07, 6.45) is 3.95.